The fraction of sp³-hybridized carbons (Fsp3) is 0.333. The first-order valence-electron chi connectivity index (χ1n) is 6.80. The molecule has 0 spiro atoms. The van der Waals surface area contributed by atoms with Crippen LogP contribution in [0.5, 0.6) is 5.75 Å². The third kappa shape index (κ3) is 3.60. The molecule has 0 bridgehead atoms. The van der Waals surface area contributed by atoms with Crippen LogP contribution in [0.15, 0.2) is 48.5 Å². The Bertz CT molecular complexity index is 497. The second-order valence-corrected chi connectivity index (χ2v) is 5.46. The summed E-state index contributed by atoms with van der Waals surface area (Å²) in [6.07, 6.45) is 1.13. The van der Waals surface area contributed by atoms with E-state index in [1.807, 2.05) is 24.3 Å². The Hall–Kier alpha value is -1.76. The third-order valence-electron chi connectivity index (χ3n) is 3.71. The molecule has 0 aliphatic carbocycles. The highest BCUT2D eigenvalue weighted by atomic mass is 16.5. The van der Waals surface area contributed by atoms with Gasteiger partial charge < -0.3 is 4.74 Å². The maximum atomic E-state index is 5.78. The lowest BCUT2D eigenvalue weighted by Crippen LogP contribution is -2.15. The van der Waals surface area contributed by atoms with E-state index in [-0.39, 0.29) is 5.41 Å². The molecule has 0 saturated carbocycles. The van der Waals surface area contributed by atoms with Gasteiger partial charge in [0.05, 0.1) is 0 Å². The quantitative estimate of drug-likeness (QED) is 0.747. The van der Waals surface area contributed by atoms with Gasteiger partial charge >= 0.3 is 0 Å². The minimum absolute atomic E-state index is 0.230. The van der Waals surface area contributed by atoms with E-state index in [4.69, 9.17) is 4.74 Å². The monoisotopic (exact) mass is 253 g/mol. The van der Waals surface area contributed by atoms with E-state index in [2.05, 4.69) is 51.1 Å². The van der Waals surface area contributed by atoms with Crippen molar-refractivity contribution in [3.05, 3.63) is 65.7 Å². The molecule has 2 aromatic carbocycles. The molecule has 99 valence electrons. The molecule has 2 rings (SSSR count). The Morgan fingerprint density at radius 2 is 1.63 bits per heavy atom. The summed E-state index contributed by atoms with van der Waals surface area (Å²) >= 11 is 0. The fourth-order valence-electron chi connectivity index (χ4n) is 1.89. The standard InChI is InChI=1S/C18H21O/c1-4-18(2,3)16-10-12-17(13-11-16)19-14-15-8-6-5-7-9-15/h6-13H,4,14H2,1-3H3. The number of hydrogen-bond donors (Lipinski definition) is 0. The van der Waals surface area contributed by atoms with E-state index in [9.17, 15) is 0 Å². The van der Waals surface area contributed by atoms with Crippen LogP contribution >= 0.6 is 0 Å². The van der Waals surface area contributed by atoms with Crippen LogP contribution in [0.3, 0.4) is 0 Å². The van der Waals surface area contributed by atoms with Crippen molar-refractivity contribution >= 4 is 0 Å². The molecule has 1 heteroatoms. The number of ether oxygens (including phenoxy) is 1. The van der Waals surface area contributed by atoms with E-state index in [0.29, 0.717) is 6.61 Å². The highest BCUT2D eigenvalue weighted by Crippen LogP contribution is 2.28. The first-order chi connectivity index (χ1) is 9.12. The van der Waals surface area contributed by atoms with Crippen LogP contribution in [0.25, 0.3) is 0 Å². The molecule has 0 N–H and O–H groups in total. The summed E-state index contributed by atoms with van der Waals surface area (Å²) in [5.41, 5.74) is 2.75. The molecule has 1 nitrogen and oxygen atoms in total. The Morgan fingerprint density at radius 1 is 1.00 bits per heavy atom. The van der Waals surface area contributed by atoms with Crippen molar-refractivity contribution in [2.45, 2.75) is 39.2 Å². The van der Waals surface area contributed by atoms with Crippen LogP contribution in [0.1, 0.15) is 38.3 Å². The van der Waals surface area contributed by atoms with Crippen LogP contribution in [-0.4, -0.2) is 0 Å². The summed E-state index contributed by atoms with van der Waals surface area (Å²) in [5, 5.41) is 0. The smallest absolute Gasteiger partial charge is 0.119 e. The Kier molecular flexibility index (Phi) is 4.26. The zero-order chi connectivity index (χ0) is 13.7. The third-order valence-corrected chi connectivity index (χ3v) is 3.71. The predicted octanol–water partition coefficient (Wildman–Crippen LogP) is 4.75. The van der Waals surface area contributed by atoms with E-state index in [0.717, 1.165) is 17.7 Å². The van der Waals surface area contributed by atoms with Crippen molar-refractivity contribution in [2.75, 3.05) is 0 Å². The molecule has 0 unspecified atom stereocenters. The lowest BCUT2D eigenvalue weighted by molar-refractivity contribution is 0.306. The average Bonchev–Trinajstić information content (AvgIpc) is 2.47. The van der Waals surface area contributed by atoms with Crippen LogP contribution in [-0.2, 0) is 12.0 Å². The van der Waals surface area contributed by atoms with Gasteiger partial charge in [-0.25, -0.2) is 0 Å². The van der Waals surface area contributed by atoms with Gasteiger partial charge in [-0.05, 0) is 41.2 Å². The van der Waals surface area contributed by atoms with Crippen LogP contribution in [0.4, 0.5) is 0 Å². The number of hydrogen-bond acceptors (Lipinski definition) is 1. The molecule has 1 radical (unpaired) electrons. The highest BCUT2D eigenvalue weighted by Gasteiger charge is 2.17. The normalized spacial score (nSPS) is 11.3. The molecular formula is C18H21O. The topological polar surface area (TPSA) is 9.23 Å². The van der Waals surface area contributed by atoms with Gasteiger partial charge in [0.25, 0.3) is 0 Å². The van der Waals surface area contributed by atoms with Crippen LogP contribution in [0, 0.1) is 6.07 Å². The first kappa shape index (κ1) is 13.7. The molecule has 19 heavy (non-hydrogen) atoms. The van der Waals surface area contributed by atoms with Gasteiger partial charge in [-0.2, -0.15) is 0 Å². The summed E-state index contributed by atoms with van der Waals surface area (Å²) in [7, 11) is 0. The van der Waals surface area contributed by atoms with Crippen molar-refractivity contribution in [2.24, 2.45) is 0 Å². The zero-order valence-corrected chi connectivity index (χ0v) is 11.9. The van der Waals surface area contributed by atoms with Gasteiger partial charge in [0.15, 0.2) is 0 Å². The number of rotatable bonds is 5. The molecule has 0 saturated heterocycles. The zero-order valence-electron chi connectivity index (χ0n) is 11.9. The van der Waals surface area contributed by atoms with Crippen molar-refractivity contribution in [3.63, 3.8) is 0 Å². The van der Waals surface area contributed by atoms with Gasteiger partial charge in [-0.1, -0.05) is 57.2 Å². The predicted molar refractivity (Wildman–Crippen MR) is 79.4 cm³/mol. The molecule has 2 aromatic rings. The summed E-state index contributed by atoms with van der Waals surface area (Å²) in [6, 6.07) is 19.3. The van der Waals surface area contributed by atoms with Crippen molar-refractivity contribution in [1.29, 1.82) is 0 Å². The summed E-state index contributed by atoms with van der Waals surface area (Å²) in [4.78, 5) is 0. The Morgan fingerprint density at radius 3 is 2.21 bits per heavy atom. The van der Waals surface area contributed by atoms with E-state index >= 15 is 0 Å². The van der Waals surface area contributed by atoms with Crippen molar-refractivity contribution in [1.82, 2.24) is 0 Å². The number of benzene rings is 2. The van der Waals surface area contributed by atoms with Crippen molar-refractivity contribution < 1.29 is 4.74 Å². The SMILES string of the molecule is CCC(C)(C)c1ccc(OCc2cc[c]cc2)cc1. The summed E-state index contributed by atoms with van der Waals surface area (Å²) in [5.74, 6) is 0.920. The second kappa shape index (κ2) is 5.92. The van der Waals surface area contributed by atoms with Gasteiger partial charge in [-0.15, -0.1) is 0 Å². The molecule has 0 aliphatic rings. The molecule has 0 fully saturated rings. The van der Waals surface area contributed by atoms with Gasteiger partial charge in [0, 0.05) is 0 Å². The molecule has 0 aliphatic heterocycles. The van der Waals surface area contributed by atoms with Gasteiger partial charge in [0.1, 0.15) is 12.4 Å². The molecule has 0 heterocycles. The average molecular weight is 253 g/mol. The lowest BCUT2D eigenvalue weighted by Gasteiger charge is -2.23. The van der Waals surface area contributed by atoms with Gasteiger partial charge in [0.2, 0.25) is 0 Å². The van der Waals surface area contributed by atoms with E-state index in [1.54, 1.807) is 0 Å². The van der Waals surface area contributed by atoms with Crippen molar-refractivity contribution in [3.8, 4) is 5.75 Å². The molecule has 0 atom stereocenters. The maximum Gasteiger partial charge on any atom is 0.119 e. The summed E-state index contributed by atoms with van der Waals surface area (Å²) in [6.45, 7) is 7.36. The fourth-order valence-corrected chi connectivity index (χ4v) is 1.89. The lowest BCUT2D eigenvalue weighted by atomic mass is 9.82. The Balaban J connectivity index is 2.00. The summed E-state index contributed by atoms with van der Waals surface area (Å²) < 4.78 is 5.78. The molecule has 0 amide bonds. The maximum absolute atomic E-state index is 5.78. The van der Waals surface area contributed by atoms with Gasteiger partial charge in [-0.3, -0.25) is 0 Å². The molecular weight excluding hydrogens is 232 g/mol. The minimum Gasteiger partial charge on any atom is -0.489 e. The first-order valence-corrected chi connectivity index (χ1v) is 6.80. The molecule has 0 aromatic heterocycles. The van der Waals surface area contributed by atoms with E-state index < -0.39 is 0 Å². The Labute approximate surface area is 116 Å². The van der Waals surface area contributed by atoms with Crippen LogP contribution in [0.2, 0.25) is 0 Å². The second-order valence-electron chi connectivity index (χ2n) is 5.46. The van der Waals surface area contributed by atoms with Crippen LogP contribution < -0.4 is 4.74 Å². The minimum atomic E-state index is 0.230. The van der Waals surface area contributed by atoms with E-state index in [1.165, 1.54) is 5.56 Å². The largest absolute Gasteiger partial charge is 0.489 e. The highest BCUT2D eigenvalue weighted by molar-refractivity contribution is 5.31.